The predicted octanol–water partition coefficient (Wildman–Crippen LogP) is 13.6. The summed E-state index contributed by atoms with van der Waals surface area (Å²) in [5.41, 5.74) is 8.02. The van der Waals surface area contributed by atoms with Crippen LogP contribution in [0.4, 0.5) is 11.4 Å². The van der Waals surface area contributed by atoms with Crippen LogP contribution in [0.1, 0.15) is 156 Å². The number of rotatable bonds is 23. The predicted molar refractivity (Wildman–Crippen MR) is 300 cm³/mol. The van der Waals surface area contributed by atoms with Crippen molar-refractivity contribution in [2.75, 3.05) is 49.4 Å². The van der Waals surface area contributed by atoms with Crippen LogP contribution in [0.5, 0.6) is 5.75 Å². The summed E-state index contributed by atoms with van der Waals surface area (Å²) in [6.45, 7) is 37.2. The van der Waals surface area contributed by atoms with Crippen molar-refractivity contribution in [2.24, 2.45) is 23.2 Å². The van der Waals surface area contributed by atoms with Gasteiger partial charge in [0.1, 0.15) is 17.1 Å². The van der Waals surface area contributed by atoms with Crippen molar-refractivity contribution in [3.63, 3.8) is 0 Å². The van der Waals surface area contributed by atoms with Gasteiger partial charge in [0.2, 0.25) is 5.91 Å². The van der Waals surface area contributed by atoms with E-state index in [1.54, 1.807) is 4.90 Å². The first-order valence-electron chi connectivity index (χ1n) is 26.7. The number of amides is 2. The summed E-state index contributed by atoms with van der Waals surface area (Å²) in [6.07, 6.45) is 15.4. The second kappa shape index (κ2) is 24.1. The number of hydrogen-bond donors (Lipinski definition) is 0. The van der Waals surface area contributed by atoms with E-state index in [1.165, 1.54) is 16.7 Å². The Balaban J connectivity index is 0.872. The molecule has 2 amide bonds. The third-order valence-electron chi connectivity index (χ3n) is 15.1. The Morgan fingerprint density at radius 1 is 0.890 bits per heavy atom. The molecule has 0 radical (unpaired) electrons. The van der Waals surface area contributed by atoms with Crippen LogP contribution >= 0.6 is 0 Å². The summed E-state index contributed by atoms with van der Waals surface area (Å²) < 4.78 is 18.2. The van der Waals surface area contributed by atoms with Gasteiger partial charge in [0, 0.05) is 50.0 Å². The maximum absolute atomic E-state index is 14.4. The van der Waals surface area contributed by atoms with Crippen molar-refractivity contribution < 1.29 is 28.6 Å². The Kier molecular flexibility index (Phi) is 18.7. The Hall–Kier alpha value is -5.69. The molecule has 0 spiro atoms. The summed E-state index contributed by atoms with van der Waals surface area (Å²) >= 11 is 0. The fourth-order valence-electron chi connectivity index (χ4n) is 10.6. The molecule has 9 heteroatoms. The zero-order valence-electron chi connectivity index (χ0n) is 46.4. The van der Waals surface area contributed by atoms with Crippen LogP contribution in [-0.4, -0.2) is 73.7 Å². The van der Waals surface area contributed by atoms with Crippen LogP contribution in [-0.2, 0) is 29.3 Å². The number of ketones is 1. The van der Waals surface area contributed by atoms with Gasteiger partial charge in [0.05, 0.1) is 24.9 Å². The second-order valence-corrected chi connectivity index (χ2v) is 23.8. The van der Waals surface area contributed by atoms with Crippen LogP contribution in [0.15, 0.2) is 109 Å². The topological polar surface area (TPSA) is 88.6 Å². The fourth-order valence-corrected chi connectivity index (χ4v) is 10.6. The molecule has 0 bridgehead atoms. The Labute approximate surface area is 439 Å². The SMILES string of the molecule is C#Cc1ccc(N2C(=C)N(c3ccc(OCCC(C)CCOCCCOCC(=C)CC(C(=O)N4C[C@H](C)C[C@H]4C(=O)C[C@@H](C)c4ccc(C5=C(C)C=CC5)cc4)C(C)(C)C)cc3)C(C)(C)C2=O)cc1C(C)(C)C. The maximum Gasteiger partial charge on any atom is 0.258 e. The molecule has 73 heavy (non-hydrogen) atoms. The molecule has 2 fully saturated rings. The number of likely N-dealkylation sites (tertiary alicyclic amines) is 1. The number of carbonyl (C=O) groups excluding carboxylic acids is 3. The number of hydrogen-bond acceptors (Lipinski definition) is 7. The molecule has 0 saturated carbocycles. The lowest BCUT2D eigenvalue weighted by Crippen LogP contribution is -2.47. The van der Waals surface area contributed by atoms with Gasteiger partial charge in [-0.3, -0.25) is 19.3 Å². The van der Waals surface area contributed by atoms with Crippen molar-refractivity contribution in [1.82, 2.24) is 4.90 Å². The van der Waals surface area contributed by atoms with Gasteiger partial charge in [-0.15, -0.1) is 6.42 Å². The van der Waals surface area contributed by atoms with E-state index in [9.17, 15) is 14.4 Å². The lowest BCUT2D eigenvalue weighted by molar-refractivity contribution is -0.144. The van der Waals surface area contributed by atoms with Gasteiger partial charge in [0.25, 0.3) is 5.91 Å². The quantitative estimate of drug-likeness (QED) is 0.0531. The van der Waals surface area contributed by atoms with Crippen molar-refractivity contribution in [3.8, 4) is 18.1 Å². The first-order chi connectivity index (χ1) is 34.4. The van der Waals surface area contributed by atoms with Gasteiger partial charge in [-0.05, 0) is 158 Å². The van der Waals surface area contributed by atoms with E-state index < -0.39 is 11.6 Å². The van der Waals surface area contributed by atoms with E-state index in [0.29, 0.717) is 70.6 Å². The van der Waals surface area contributed by atoms with Crippen molar-refractivity contribution >= 4 is 34.5 Å². The minimum absolute atomic E-state index is 0.0473. The highest BCUT2D eigenvalue weighted by Gasteiger charge is 2.49. The molecule has 0 aromatic heterocycles. The van der Waals surface area contributed by atoms with Crippen LogP contribution in [0.3, 0.4) is 0 Å². The number of Topliss-reactive ketones (excluding diaryl/α,β-unsaturated/α-hetero) is 1. The summed E-state index contributed by atoms with van der Waals surface area (Å²) in [6, 6.07) is 21.9. The lowest BCUT2D eigenvalue weighted by atomic mass is 9.76. The first kappa shape index (κ1) is 56.6. The van der Waals surface area contributed by atoms with Crippen molar-refractivity contribution in [1.29, 1.82) is 0 Å². The van der Waals surface area contributed by atoms with Gasteiger partial charge in [-0.2, -0.15) is 0 Å². The molecule has 3 aromatic carbocycles. The number of anilines is 2. The van der Waals surface area contributed by atoms with Gasteiger partial charge in [0.15, 0.2) is 5.78 Å². The van der Waals surface area contributed by atoms with Crippen molar-refractivity contribution in [3.05, 3.63) is 131 Å². The lowest BCUT2D eigenvalue weighted by Gasteiger charge is -2.35. The standard InChI is InChI=1S/C64H85N3O6/c1-16-49-25-26-53(40-56(49)62(8,9)10)66-48(7)67(64(14,15)61(66)70)52-27-29-54(30-28-52)73-36-32-43(2)31-35-71-33-18-34-72-42-45(4)37-57(63(11,12)13)60(69)65-41-44(3)38-58(65)59(68)39-47(6)50-21-23-51(24-22-50)55-20-17-19-46(55)5/h1,17,19,21-30,40,43-44,47,57-58H,4,7,18,20,31-39,41-42H2,2-3,5-6,8-15H3/t43?,44-,47-,57?,58+/m1/s1. The van der Waals surface area contributed by atoms with E-state index in [4.69, 9.17) is 20.6 Å². The third-order valence-corrected chi connectivity index (χ3v) is 15.1. The normalized spacial score (nSPS) is 19.1. The van der Waals surface area contributed by atoms with Crippen LogP contribution < -0.4 is 14.5 Å². The zero-order valence-corrected chi connectivity index (χ0v) is 46.4. The summed E-state index contributed by atoms with van der Waals surface area (Å²) in [5, 5.41) is 0. The summed E-state index contributed by atoms with van der Waals surface area (Å²) in [7, 11) is 0. The molecule has 2 saturated heterocycles. The Bertz CT molecular complexity index is 2560. The smallest absolute Gasteiger partial charge is 0.258 e. The molecule has 392 valence electrons. The van der Waals surface area contributed by atoms with Crippen LogP contribution in [0.25, 0.3) is 5.57 Å². The average Bonchev–Trinajstić information content (AvgIpc) is 4.00. The minimum Gasteiger partial charge on any atom is -0.494 e. The second-order valence-electron chi connectivity index (χ2n) is 23.8. The zero-order chi connectivity index (χ0) is 53.4. The summed E-state index contributed by atoms with van der Waals surface area (Å²) in [4.78, 5) is 47.8. The molecule has 3 aromatic rings. The highest BCUT2D eigenvalue weighted by atomic mass is 16.5. The molecule has 6 rings (SSSR count). The molecule has 2 heterocycles. The van der Waals surface area contributed by atoms with Gasteiger partial charge < -0.3 is 24.0 Å². The molecule has 2 unspecified atom stereocenters. The monoisotopic (exact) mass is 992 g/mol. The molecule has 0 N–H and O–H groups in total. The highest BCUT2D eigenvalue weighted by Crippen LogP contribution is 2.43. The number of nitrogens with zero attached hydrogens (tertiary/aromatic N) is 3. The fraction of sp³-hybridized carbons (Fsp3) is 0.516. The first-order valence-corrected chi connectivity index (χ1v) is 26.7. The molecular weight excluding hydrogens is 907 g/mol. The number of allylic oxidation sites excluding steroid dienone is 4. The number of ether oxygens (including phenoxy) is 3. The molecular formula is C64H85N3O6. The van der Waals surface area contributed by atoms with E-state index in [0.717, 1.165) is 65.1 Å². The highest BCUT2D eigenvalue weighted by molar-refractivity contribution is 6.09. The van der Waals surface area contributed by atoms with Crippen molar-refractivity contribution in [2.45, 2.75) is 151 Å². The number of carbonyl (C=O) groups is 3. The van der Waals surface area contributed by atoms with Gasteiger partial charge in [-0.25, -0.2) is 0 Å². The van der Waals surface area contributed by atoms with Gasteiger partial charge >= 0.3 is 0 Å². The largest absolute Gasteiger partial charge is 0.494 e. The maximum atomic E-state index is 14.4. The van der Waals surface area contributed by atoms with Gasteiger partial charge in [-0.1, -0.05) is 123 Å². The molecule has 9 nitrogen and oxygen atoms in total. The Morgan fingerprint density at radius 2 is 1.55 bits per heavy atom. The average molecular weight is 992 g/mol. The summed E-state index contributed by atoms with van der Waals surface area (Å²) in [5.74, 6) is 4.72. The van der Waals surface area contributed by atoms with E-state index in [2.05, 4.69) is 125 Å². The minimum atomic E-state index is -0.855. The third kappa shape index (κ3) is 13.9. The van der Waals surface area contributed by atoms with E-state index in [-0.39, 0.29) is 46.2 Å². The molecule has 2 aliphatic heterocycles. The van der Waals surface area contributed by atoms with E-state index in [1.807, 2.05) is 66.1 Å². The van der Waals surface area contributed by atoms with Crippen LogP contribution in [0, 0.1) is 35.5 Å². The molecule has 5 atom stereocenters. The Morgan fingerprint density at radius 3 is 2.18 bits per heavy atom. The number of terminal acetylenes is 1. The molecule has 1 aliphatic carbocycles. The molecule has 3 aliphatic rings. The van der Waals surface area contributed by atoms with E-state index >= 15 is 0 Å². The number of benzene rings is 3. The van der Waals surface area contributed by atoms with Crippen LogP contribution in [0.2, 0.25) is 0 Å².